The fourth-order valence-electron chi connectivity index (χ4n) is 1.78. The first-order valence-corrected chi connectivity index (χ1v) is 7.35. The number of carbonyl (C=O) groups excluding carboxylic acids is 1. The van der Waals surface area contributed by atoms with Gasteiger partial charge in [0.05, 0.1) is 6.61 Å². The van der Waals surface area contributed by atoms with Crippen LogP contribution in [0.1, 0.15) is 58.8 Å². The second-order valence-electron chi connectivity index (χ2n) is 4.80. The lowest BCUT2D eigenvalue weighted by atomic mass is 10.2. The van der Waals surface area contributed by atoms with E-state index in [1.807, 2.05) is 0 Å². The summed E-state index contributed by atoms with van der Waals surface area (Å²) < 4.78 is 0. The third kappa shape index (κ3) is 10.5. The van der Waals surface area contributed by atoms with Crippen molar-refractivity contribution in [2.24, 2.45) is 0 Å². The highest BCUT2D eigenvalue weighted by atomic mass is 16.3. The predicted octanol–water partition coefficient (Wildman–Crippen LogP) is 1.82. The summed E-state index contributed by atoms with van der Waals surface area (Å²) in [5, 5.41) is 15.3. The lowest BCUT2D eigenvalue weighted by Crippen LogP contribution is -2.38. The van der Waals surface area contributed by atoms with Crippen molar-refractivity contribution in [3.63, 3.8) is 0 Å². The standard InChI is InChI=1S/C14H30N2O2/c1-3-5-7-9-15-13(12-17)11-14(18)16-10-8-6-4-2/h13,15,17H,3-12H2,1-2H3,(H,16,18). The molecule has 1 amide bonds. The van der Waals surface area contributed by atoms with Gasteiger partial charge in [-0.1, -0.05) is 39.5 Å². The van der Waals surface area contributed by atoms with Gasteiger partial charge in [-0.3, -0.25) is 4.79 Å². The van der Waals surface area contributed by atoms with E-state index in [9.17, 15) is 9.90 Å². The number of rotatable bonds is 12. The van der Waals surface area contributed by atoms with Gasteiger partial charge in [0.1, 0.15) is 0 Å². The lowest BCUT2D eigenvalue weighted by molar-refractivity contribution is -0.121. The first-order valence-electron chi connectivity index (χ1n) is 7.35. The Balaban J connectivity index is 3.59. The molecule has 4 nitrogen and oxygen atoms in total. The average Bonchev–Trinajstić information content (AvgIpc) is 2.38. The molecule has 0 aromatic heterocycles. The Morgan fingerprint density at radius 2 is 1.67 bits per heavy atom. The summed E-state index contributed by atoms with van der Waals surface area (Å²) in [6.45, 7) is 5.95. The monoisotopic (exact) mass is 258 g/mol. The van der Waals surface area contributed by atoms with Crippen molar-refractivity contribution < 1.29 is 9.90 Å². The van der Waals surface area contributed by atoms with Crippen LogP contribution in [-0.4, -0.2) is 36.8 Å². The van der Waals surface area contributed by atoms with Gasteiger partial charge >= 0.3 is 0 Å². The van der Waals surface area contributed by atoms with E-state index >= 15 is 0 Å². The van der Waals surface area contributed by atoms with E-state index in [0.717, 1.165) is 38.8 Å². The van der Waals surface area contributed by atoms with Gasteiger partial charge in [0, 0.05) is 19.0 Å². The Labute approximate surface area is 112 Å². The van der Waals surface area contributed by atoms with E-state index in [2.05, 4.69) is 24.5 Å². The quantitative estimate of drug-likeness (QED) is 0.468. The van der Waals surface area contributed by atoms with Crippen molar-refractivity contribution in [1.82, 2.24) is 10.6 Å². The minimum atomic E-state index is -0.104. The topological polar surface area (TPSA) is 61.4 Å². The zero-order chi connectivity index (χ0) is 13.6. The maximum Gasteiger partial charge on any atom is 0.221 e. The molecule has 0 aliphatic rings. The molecule has 0 spiro atoms. The molecule has 0 rings (SSSR count). The van der Waals surface area contributed by atoms with Crippen LogP contribution < -0.4 is 10.6 Å². The molecule has 0 aliphatic heterocycles. The second-order valence-corrected chi connectivity index (χ2v) is 4.80. The number of hydrogen-bond donors (Lipinski definition) is 3. The highest BCUT2D eigenvalue weighted by molar-refractivity contribution is 5.76. The highest BCUT2D eigenvalue weighted by Gasteiger charge is 2.11. The van der Waals surface area contributed by atoms with Crippen molar-refractivity contribution in [2.45, 2.75) is 64.8 Å². The van der Waals surface area contributed by atoms with Gasteiger partial charge in [0.25, 0.3) is 0 Å². The molecule has 4 heteroatoms. The summed E-state index contributed by atoms with van der Waals surface area (Å²) in [5.41, 5.74) is 0. The molecule has 0 radical (unpaired) electrons. The average molecular weight is 258 g/mol. The largest absolute Gasteiger partial charge is 0.395 e. The molecule has 18 heavy (non-hydrogen) atoms. The first kappa shape index (κ1) is 17.4. The Bertz CT molecular complexity index is 198. The molecule has 0 saturated carbocycles. The summed E-state index contributed by atoms with van der Waals surface area (Å²) in [4.78, 5) is 11.6. The predicted molar refractivity (Wildman–Crippen MR) is 75.6 cm³/mol. The summed E-state index contributed by atoms with van der Waals surface area (Å²) in [5.74, 6) is 0.0353. The van der Waals surface area contributed by atoms with Crippen LogP contribution in [0.25, 0.3) is 0 Å². The maximum absolute atomic E-state index is 11.6. The summed E-state index contributed by atoms with van der Waals surface area (Å²) in [6.07, 6.45) is 7.20. The second kappa shape index (κ2) is 12.8. The van der Waals surface area contributed by atoms with Crippen LogP contribution in [0.3, 0.4) is 0 Å². The first-order chi connectivity index (χ1) is 8.74. The molecular formula is C14H30N2O2. The fraction of sp³-hybridized carbons (Fsp3) is 0.929. The van der Waals surface area contributed by atoms with Crippen LogP contribution in [0.15, 0.2) is 0 Å². The zero-order valence-corrected chi connectivity index (χ0v) is 12.0. The molecule has 0 aromatic carbocycles. The van der Waals surface area contributed by atoms with Crippen LogP contribution in [0.2, 0.25) is 0 Å². The van der Waals surface area contributed by atoms with Crippen molar-refractivity contribution >= 4 is 5.91 Å². The van der Waals surface area contributed by atoms with Gasteiger partial charge < -0.3 is 15.7 Å². The Hall–Kier alpha value is -0.610. The van der Waals surface area contributed by atoms with Crippen molar-refractivity contribution in [3.8, 4) is 0 Å². The number of amides is 1. The van der Waals surface area contributed by atoms with E-state index < -0.39 is 0 Å². The van der Waals surface area contributed by atoms with E-state index in [0.29, 0.717) is 6.42 Å². The van der Waals surface area contributed by atoms with E-state index in [1.165, 1.54) is 12.8 Å². The number of aliphatic hydroxyl groups excluding tert-OH is 1. The molecule has 0 saturated heterocycles. The Morgan fingerprint density at radius 1 is 1.06 bits per heavy atom. The summed E-state index contributed by atoms with van der Waals surface area (Å²) in [6, 6.07) is -0.104. The summed E-state index contributed by atoms with van der Waals surface area (Å²) >= 11 is 0. The van der Waals surface area contributed by atoms with Crippen LogP contribution in [0.4, 0.5) is 0 Å². The van der Waals surface area contributed by atoms with Crippen LogP contribution in [0, 0.1) is 0 Å². The minimum absolute atomic E-state index is 0.0223. The van der Waals surface area contributed by atoms with Gasteiger partial charge in [-0.15, -0.1) is 0 Å². The molecule has 108 valence electrons. The van der Waals surface area contributed by atoms with Crippen LogP contribution >= 0.6 is 0 Å². The number of carbonyl (C=O) groups is 1. The van der Waals surface area contributed by atoms with Crippen molar-refractivity contribution in [3.05, 3.63) is 0 Å². The summed E-state index contributed by atoms with van der Waals surface area (Å²) in [7, 11) is 0. The molecule has 0 bridgehead atoms. The third-order valence-electron chi connectivity index (χ3n) is 2.97. The number of hydrogen-bond acceptors (Lipinski definition) is 3. The zero-order valence-electron chi connectivity index (χ0n) is 12.0. The normalized spacial score (nSPS) is 12.4. The molecular weight excluding hydrogens is 228 g/mol. The Kier molecular flexibility index (Phi) is 12.4. The highest BCUT2D eigenvalue weighted by Crippen LogP contribution is 1.96. The third-order valence-corrected chi connectivity index (χ3v) is 2.97. The Morgan fingerprint density at radius 3 is 2.22 bits per heavy atom. The van der Waals surface area contributed by atoms with E-state index in [-0.39, 0.29) is 18.6 Å². The maximum atomic E-state index is 11.6. The SMILES string of the molecule is CCCCCNC(=O)CC(CO)NCCCCC. The fourth-order valence-corrected chi connectivity index (χ4v) is 1.78. The van der Waals surface area contributed by atoms with Gasteiger partial charge in [0.15, 0.2) is 0 Å². The van der Waals surface area contributed by atoms with E-state index in [1.54, 1.807) is 0 Å². The smallest absolute Gasteiger partial charge is 0.221 e. The molecule has 0 heterocycles. The number of aliphatic hydroxyl groups is 1. The van der Waals surface area contributed by atoms with Crippen molar-refractivity contribution in [1.29, 1.82) is 0 Å². The molecule has 1 atom stereocenters. The molecule has 3 N–H and O–H groups in total. The number of nitrogens with one attached hydrogen (secondary N) is 2. The molecule has 0 aromatic rings. The number of unbranched alkanes of at least 4 members (excludes halogenated alkanes) is 4. The van der Waals surface area contributed by atoms with Crippen LogP contribution in [-0.2, 0) is 4.79 Å². The molecule has 0 fully saturated rings. The molecule has 1 unspecified atom stereocenters. The van der Waals surface area contributed by atoms with Gasteiger partial charge in [0.2, 0.25) is 5.91 Å². The van der Waals surface area contributed by atoms with Crippen molar-refractivity contribution in [2.75, 3.05) is 19.7 Å². The van der Waals surface area contributed by atoms with Gasteiger partial charge in [-0.25, -0.2) is 0 Å². The van der Waals surface area contributed by atoms with Crippen LogP contribution in [0.5, 0.6) is 0 Å². The van der Waals surface area contributed by atoms with E-state index in [4.69, 9.17) is 0 Å². The minimum Gasteiger partial charge on any atom is -0.395 e. The lowest BCUT2D eigenvalue weighted by Gasteiger charge is -2.15. The van der Waals surface area contributed by atoms with Gasteiger partial charge in [-0.05, 0) is 19.4 Å². The molecule has 0 aliphatic carbocycles. The van der Waals surface area contributed by atoms with Gasteiger partial charge in [-0.2, -0.15) is 0 Å².